The van der Waals surface area contributed by atoms with Gasteiger partial charge in [-0.05, 0) is 37.5 Å². The molecule has 0 fully saturated rings. The third kappa shape index (κ3) is 3.17. The summed E-state index contributed by atoms with van der Waals surface area (Å²) in [6, 6.07) is 13.4. The number of aromatic nitrogens is 1. The maximum Gasteiger partial charge on any atom is 0.219 e. The van der Waals surface area contributed by atoms with Crippen LogP contribution < -0.4 is 9.05 Å². The van der Waals surface area contributed by atoms with E-state index < -0.39 is 0 Å². The van der Waals surface area contributed by atoms with E-state index in [2.05, 4.69) is 89.8 Å². The molecule has 0 bridgehead atoms. The van der Waals surface area contributed by atoms with E-state index in [9.17, 15) is 5.26 Å². The number of quaternary nitrogens is 1. The number of hydrogen-bond acceptors (Lipinski definition) is 1. The predicted molar refractivity (Wildman–Crippen MR) is 126 cm³/mol. The van der Waals surface area contributed by atoms with Crippen molar-refractivity contribution >= 4 is 5.69 Å². The molecular formula is C27H39N3+2. The molecule has 1 aliphatic rings. The van der Waals surface area contributed by atoms with Crippen LogP contribution in [0, 0.1) is 11.3 Å². The Morgan fingerprint density at radius 2 is 1.70 bits per heavy atom. The number of pyridine rings is 1. The Balaban J connectivity index is 2.35. The molecule has 3 heteroatoms. The van der Waals surface area contributed by atoms with E-state index in [1.54, 1.807) is 0 Å². The highest BCUT2D eigenvalue weighted by Crippen LogP contribution is 2.51. The first-order valence-corrected chi connectivity index (χ1v) is 11.7. The molecule has 1 unspecified atom stereocenters. The Morgan fingerprint density at radius 1 is 1.00 bits per heavy atom. The van der Waals surface area contributed by atoms with Gasteiger partial charge in [-0.2, -0.15) is 9.83 Å². The van der Waals surface area contributed by atoms with Gasteiger partial charge >= 0.3 is 0 Å². The van der Waals surface area contributed by atoms with Crippen LogP contribution in [0.2, 0.25) is 0 Å². The lowest BCUT2D eigenvalue weighted by Crippen LogP contribution is -2.68. The van der Waals surface area contributed by atoms with E-state index >= 15 is 0 Å². The largest absolute Gasteiger partial charge is 0.296 e. The van der Waals surface area contributed by atoms with Crippen LogP contribution in [-0.2, 0) is 11.0 Å². The van der Waals surface area contributed by atoms with Gasteiger partial charge in [0.1, 0.15) is 5.69 Å². The fourth-order valence-corrected chi connectivity index (χ4v) is 5.84. The second-order valence-electron chi connectivity index (χ2n) is 9.70. The van der Waals surface area contributed by atoms with Gasteiger partial charge in [0.05, 0.1) is 55.4 Å². The van der Waals surface area contributed by atoms with Gasteiger partial charge in [0, 0.05) is 12.8 Å². The summed E-state index contributed by atoms with van der Waals surface area (Å²) in [5.41, 5.74) is 6.01. The van der Waals surface area contributed by atoms with Crippen LogP contribution in [0.15, 0.2) is 36.5 Å². The lowest BCUT2D eigenvalue weighted by Gasteiger charge is -2.47. The number of rotatable bonds is 7. The number of nitrogens with zero attached hydrogens (tertiary/aromatic N) is 3. The highest BCUT2D eigenvalue weighted by Gasteiger charge is 2.58. The number of hydrogen-bond donors (Lipinski definition) is 0. The minimum atomic E-state index is 0.0194. The van der Waals surface area contributed by atoms with Crippen molar-refractivity contribution in [2.45, 2.75) is 77.7 Å². The number of fused-ring (bicyclic) bond motifs is 3. The molecule has 30 heavy (non-hydrogen) atoms. The summed E-state index contributed by atoms with van der Waals surface area (Å²) in [5.74, 6) is 0. The van der Waals surface area contributed by atoms with Crippen molar-refractivity contribution in [2.24, 2.45) is 0 Å². The molecule has 2 heterocycles. The van der Waals surface area contributed by atoms with Gasteiger partial charge in [-0.25, -0.2) is 0 Å². The number of benzene rings is 1. The van der Waals surface area contributed by atoms with Crippen molar-refractivity contribution in [1.82, 2.24) is 4.48 Å². The van der Waals surface area contributed by atoms with Crippen molar-refractivity contribution < 1.29 is 4.57 Å². The third-order valence-corrected chi connectivity index (χ3v) is 8.09. The first kappa shape index (κ1) is 22.5. The van der Waals surface area contributed by atoms with Gasteiger partial charge in [-0.3, -0.25) is 4.48 Å². The summed E-state index contributed by atoms with van der Waals surface area (Å²) in [4.78, 5) is 0. The molecule has 1 aliphatic heterocycles. The average molecular weight is 406 g/mol. The minimum absolute atomic E-state index is 0.0194. The third-order valence-electron chi connectivity index (χ3n) is 8.09. The van der Waals surface area contributed by atoms with Crippen molar-refractivity contribution in [3.8, 4) is 17.3 Å². The molecule has 2 aromatic rings. The zero-order valence-corrected chi connectivity index (χ0v) is 20.0. The van der Waals surface area contributed by atoms with Crippen molar-refractivity contribution in [3.63, 3.8) is 0 Å². The molecule has 1 atom stereocenters. The zero-order chi connectivity index (χ0) is 22.2. The topological polar surface area (TPSA) is 27.7 Å². The number of nitriles is 1. The Bertz CT molecular complexity index is 963. The predicted octanol–water partition coefficient (Wildman–Crippen LogP) is 6.08. The van der Waals surface area contributed by atoms with E-state index in [-0.39, 0.29) is 11.0 Å². The zero-order valence-electron chi connectivity index (χ0n) is 20.0. The normalized spacial score (nSPS) is 19.7. The van der Waals surface area contributed by atoms with Crippen LogP contribution in [0.3, 0.4) is 0 Å². The average Bonchev–Trinajstić information content (AvgIpc) is 2.77. The Labute approximate surface area is 183 Å². The van der Waals surface area contributed by atoms with Gasteiger partial charge in [0.25, 0.3) is 0 Å². The molecule has 0 saturated heterocycles. The maximum atomic E-state index is 9.59. The number of unbranched alkanes of at least 4 members (excludes halogenated alkanes) is 1. The van der Waals surface area contributed by atoms with Crippen molar-refractivity contribution in [1.29, 1.82) is 5.26 Å². The Kier molecular flexibility index (Phi) is 6.12. The minimum Gasteiger partial charge on any atom is -0.296 e. The summed E-state index contributed by atoms with van der Waals surface area (Å²) in [5, 5.41) is 9.59. The molecule has 0 radical (unpaired) electrons. The van der Waals surface area contributed by atoms with Crippen LogP contribution in [0.4, 0.5) is 5.69 Å². The summed E-state index contributed by atoms with van der Waals surface area (Å²) in [6.45, 7) is 12.8. The molecular weight excluding hydrogens is 366 g/mol. The lowest BCUT2D eigenvalue weighted by atomic mass is 9.59. The molecule has 0 aliphatic carbocycles. The summed E-state index contributed by atoms with van der Waals surface area (Å²) in [6.07, 6.45) is 7.99. The van der Waals surface area contributed by atoms with Gasteiger partial charge < -0.3 is 0 Å². The first-order chi connectivity index (χ1) is 14.2. The Hall–Kier alpha value is -2.18. The smallest absolute Gasteiger partial charge is 0.219 e. The van der Waals surface area contributed by atoms with Gasteiger partial charge in [0.2, 0.25) is 5.69 Å². The SMILES string of the molecule is CCCC[N+](C)(C)c1cc[n+]2c(c1)-c1cc(C#N)ccc1C(C)(CC)C2(CC)CC. The van der Waals surface area contributed by atoms with E-state index in [0.717, 1.165) is 35.9 Å². The summed E-state index contributed by atoms with van der Waals surface area (Å²) >= 11 is 0. The second-order valence-corrected chi connectivity index (χ2v) is 9.70. The monoisotopic (exact) mass is 405 g/mol. The second kappa shape index (κ2) is 8.16. The fourth-order valence-electron chi connectivity index (χ4n) is 5.84. The van der Waals surface area contributed by atoms with E-state index in [4.69, 9.17) is 0 Å². The van der Waals surface area contributed by atoms with Crippen molar-refractivity contribution in [2.75, 3.05) is 20.6 Å². The van der Waals surface area contributed by atoms with Crippen LogP contribution in [-0.4, -0.2) is 20.6 Å². The quantitative estimate of drug-likeness (QED) is 0.405. The van der Waals surface area contributed by atoms with Crippen LogP contribution in [0.25, 0.3) is 11.3 Å². The summed E-state index contributed by atoms with van der Waals surface area (Å²) in [7, 11) is 4.61. The molecule has 1 aromatic carbocycles. The first-order valence-electron chi connectivity index (χ1n) is 11.7. The highest BCUT2D eigenvalue weighted by molar-refractivity contribution is 5.70. The van der Waals surface area contributed by atoms with E-state index in [1.165, 1.54) is 35.3 Å². The molecule has 0 saturated carbocycles. The van der Waals surface area contributed by atoms with E-state index in [1.807, 2.05) is 6.07 Å². The highest BCUT2D eigenvalue weighted by atomic mass is 15.3. The molecule has 3 nitrogen and oxygen atoms in total. The molecule has 1 aromatic heterocycles. The Morgan fingerprint density at radius 3 is 2.27 bits per heavy atom. The van der Waals surface area contributed by atoms with Gasteiger partial charge in [-0.15, -0.1) is 0 Å². The van der Waals surface area contributed by atoms with Crippen LogP contribution in [0.5, 0.6) is 0 Å². The van der Waals surface area contributed by atoms with Crippen molar-refractivity contribution in [3.05, 3.63) is 47.7 Å². The molecule has 160 valence electrons. The van der Waals surface area contributed by atoms with Gasteiger partial charge in [-0.1, -0.05) is 40.2 Å². The standard InChI is InChI=1S/C27H39N3/c1-8-12-17-30(6,7)22-15-16-29-25(19-22)23-18-21(20-28)13-14-24(23)26(5,9-2)27(29,10-3)11-4/h13-16,18-19H,8-12,17H2,1-7H3/q+2. The molecule has 0 spiro atoms. The fraction of sp³-hybridized carbons (Fsp3) is 0.556. The lowest BCUT2D eigenvalue weighted by molar-refractivity contribution is -0.769. The molecule has 3 rings (SSSR count). The van der Waals surface area contributed by atoms with E-state index in [0.29, 0.717) is 0 Å². The van der Waals surface area contributed by atoms with Crippen LogP contribution >= 0.6 is 0 Å². The summed E-state index contributed by atoms with van der Waals surface area (Å²) < 4.78 is 3.43. The molecule has 0 N–H and O–H groups in total. The maximum absolute atomic E-state index is 9.59. The molecule has 0 amide bonds. The van der Waals surface area contributed by atoms with Crippen LogP contribution in [0.1, 0.15) is 77.8 Å². The van der Waals surface area contributed by atoms with Gasteiger partial charge in [0.15, 0.2) is 11.7 Å².